The second-order valence-corrected chi connectivity index (χ2v) is 5.24. The number of rotatable bonds is 3. The lowest BCUT2D eigenvalue weighted by Crippen LogP contribution is -2.28. The number of pyridine rings is 2. The van der Waals surface area contributed by atoms with Gasteiger partial charge in [0.1, 0.15) is 28.8 Å². The third-order valence-corrected chi connectivity index (χ3v) is 3.80. The van der Waals surface area contributed by atoms with Crippen molar-refractivity contribution in [2.45, 2.75) is 0 Å². The number of nitrogens with one attached hydrogen (secondary N) is 1. The van der Waals surface area contributed by atoms with Crippen molar-refractivity contribution in [3.8, 4) is 16.3 Å². The molecule has 6 nitrogen and oxygen atoms in total. The Bertz CT molecular complexity index is 835. The molecule has 0 aliphatic heterocycles. The van der Waals surface area contributed by atoms with Gasteiger partial charge in [-0.1, -0.05) is 6.07 Å². The Labute approximate surface area is 129 Å². The zero-order valence-electron chi connectivity index (χ0n) is 11.5. The SMILES string of the molecule is COC(=N)c1cccc(-c2cn[n+](-c3cncc(F)c3)s2)n1. The minimum atomic E-state index is -0.421. The molecule has 3 rings (SSSR count). The molecule has 0 spiro atoms. The second kappa shape index (κ2) is 5.94. The van der Waals surface area contributed by atoms with Crippen molar-refractivity contribution >= 4 is 17.4 Å². The van der Waals surface area contributed by atoms with Crippen LogP contribution in [0.15, 0.2) is 42.9 Å². The van der Waals surface area contributed by atoms with Crippen molar-refractivity contribution in [1.82, 2.24) is 15.1 Å². The Hall–Kier alpha value is -2.74. The van der Waals surface area contributed by atoms with E-state index in [4.69, 9.17) is 10.1 Å². The van der Waals surface area contributed by atoms with Gasteiger partial charge in [0.15, 0.2) is 11.5 Å². The van der Waals surface area contributed by atoms with Crippen LogP contribution in [0.5, 0.6) is 0 Å². The minimum Gasteiger partial charge on any atom is -0.480 e. The molecular formula is C14H11FN5OS+. The normalized spacial score (nSPS) is 10.5. The number of halogens is 1. The van der Waals surface area contributed by atoms with E-state index in [0.29, 0.717) is 17.1 Å². The quantitative estimate of drug-likeness (QED) is 0.455. The Morgan fingerprint density at radius 1 is 1.32 bits per heavy atom. The summed E-state index contributed by atoms with van der Waals surface area (Å²) in [7, 11) is 1.42. The van der Waals surface area contributed by atoms with Crippen LogP contribution >= 0.6 is 11.5 Å². The maximum absolute atomic E-state index is 13.2. The highest BCUT2D eigenvalue weighted by Crippen LogP contribution is 2.20. The lowest BCUT2D eigenvalue weighted by molar-refractivity contribution is -0.588. The molecule has 0 fully saturated rings. The van der Waals surface area contributed by atoms with Gasteiger partial charge in [0.2, 0.25) is 5.90 Å². The van der Waals surface area contributed by atoms with Crippen LogP contribution in [0.2, 0.25) is 0 Å². The van der Waals surface area contributed by atoms with Crippen molar-refractivity contribution in [3.63, 3.8) is 0 Å². The summed E-state index contributed by atoms with van der Waals surface area (Å²) in [5, 5.41) is 11.9. The van der Waals surface area contributed by atoms with Gasteiger partial charge in [-0.05, 0) is 12.1 Å². The van der Waals surface area contributed by atoms with Gasteiger partial charge in [-0.2, -0.15) is 0 Å². The molecule has 0 aliphatic carbocycles. The van der Waals surface area contributed by atoms with E-state index in [1.165, 1.54) is 30.9 Å². The van der Waals surface area contributed by atoms with Gasteiger partial charge in [-0.25, -0.2) is 9.37 Å². The Morgan fingerprint density at radius 2 is 2.18 bits per heavy atom. The van der Waals surface area contributed by atoms with Crippen molar-refractivity contribution in [1.29, 1.82) is 5.41 Å². The van der Waals surface area contributed by atoms with E-state index in [1.54, 1.807) is 22.4 Å². The summed E-state index contributed by atoms with van der Waals surface area (Å²) in [5.74, 6) is -0.427. The molecule has 0 unspecified atom stereocenters. The minimum absolute atomic E-state index is 0.00595. The van der Waals surface area contributed by atoms with Gasteiger partial charge in [0.05, 0.1) is 25.1 Å². The van der Waals surface area contributed by atoms with E-state index in [-0.39, 0.29) is 5.90 Å². The average Bonchev–Trinajstić information content (AvgIpc) is 3.04. The number of hydrogen-bond donors (Lipinski definition) is 1. The summed E-state index contributed by atoms with van der Waals surface area (Å²) < 4.78 is 19.6. The average molecular weight is 316 g/mol. The van der Waals surface area contributed by atoms with E-state index in [9.17, 15) is 4.39 Å². The molecular weight excluding hydrogens is 305 g/mol. The van der Waals surface area contributed by atoms with Crippen LogP contribution in [0.4, 0.5) is 4.39 Å². The molecule has 0 aliphatic rings. The molecule has 8 heteroatoms. The van der Waals surface area contributed by atoms with Crippen LogP contribution in [0, 0.1) is 11.2 Å². The fraction of sp³-hybridized carbons (Fsp3) is 0.0714. The van der Waals surface area contributed by atoms with E-state index >= 15 is 0 Å². The van der Waals surface area contributed by atoms with E-state index < -0.39 is 5.82 Å². The van der Waals surface area contributed by atoms with Crippen LogP contribution < -0.4 is 4.07 Å². The molecule has 0 atom stereocenters. The summed E-state index contributed by atoms with van der Waals surface area (Å²) in [6.07, 6.45) is 4.30. The highest BCUT2D eigenvalue weighted by Gasteiger charge is 2.17. The predicted molar refractivity (Wildman–Crippen MR) is 78.5 cm³/mol. The van der Waals surface area contributed by atoms with Crippen LogP contribution in [0.25, 0.3) is 16.3 Å². The van der Waals surface area contributed by atoms with Crippen LogP contribution in [0.3, 0.4) is 0 Å². The van der Waals surface area contributed by atoms with Gasteiger partial charge in [0, 0.05) is 9.17 Å². The molecule has 0 bridgehead atoms. The third-order valence-electron chi connectivity index (χ3n) is 2.81. The zero-order valence-corrected chi connectivity index (χ0v) is 12.3. The number of methoxy groups -OCH3 is 1. The van der Waals surface area contributed by atoms with Gasteiger partial charge in [0.25, 0.3) is 5.69 Å². The summed E-state index contributed by atoms with van der Waals surface area (Å²) in [5.41, 5.74) is 1.64. The fourth-order valence-corrected chi connectivity index (χ4v) is 2.57. The molecule has 3 aromatic rings. The molecule has 0 saturated heterocycles. The zero-order chi connectivity index (χ0) is 15.5. The van der Waals surface area contributed by atoms with Crippen molar-refractivity contribution in [3.05, 3.63) is 54.4 Å². The predicted octanol–water partition coefficient (Wildman–Crippen LogP) is 1.99. The highest BCUT2D eigenvalue weighted by molar-refractivity contribution is 7.05. The monoisotopic (exact) mass is 316 g/mol. The molecule has 0 amide bonds. The van der Waals surface area contributed by atoms with Gasteiger partial charge in [-0.3, -0.25) is 10.4 Å². The Kier molecular flexibility index (Phi) is 3.84. The number of ether oxygens (including phenoxy) is 1. The lowest BCUT2D eigenvalue weighted by Gasteiger charge is -2.01. The summed E-state index contributed by atoms with van der Waals surface area (Å²) in [4.78, 5) is 8.94. The first kappa shape index (κ1) is 14.2. The van der Waals surface area contributed by atoms with Gasteiger partial charge in [-0.15, -0.1) is 0 Å². The summed E-state index contributed by atoms with van der Waals surface area (Å²) in [6.45, 7) is 0. The van der Waals surface area contributed by atoms with E-state index in [0.717, 1.165) is 11.1 Å². The lowest BCUT2D eigenvalue weighted by atomic mass is 10.3. The maximum atomic E-state index is 13.2. The van der Waals surface area contributed by atoms with E-state index in [2.05, 4.69) is 15.1 Å². The smallest absolute Gasteiger partial charge is 0.274 e. The number of nitrogens with zero attached hydrogens (tertiary/aromatic N) is 4. The molecule has 22 heavy (non-hydrogen) atoms. The molecule has 110 valence electrons. The number of aromatic nitrogens is 4. The molecule has 1 N–H and O–H groups in total. The van der Waals surface area contributed by atoms with Crippen LogP contribution in [0.1, 0.15) is 5.69 Å². The van der Waals surface area contributed by atoms with Crippen LogP contribution in [-0.4, -0.2) is 28.1 Å². The number of hydrogen-bond acceptors (Lipinski definition) is 6. The molecule has 3 heterocycles. The molecule has 0 aromatic carbocycles. The second-order valence-electron chi connectivity index (χ2n) is 4.28. The van der Waals surface area contributed by atoms with Gasteiger partial charge >= 0.3 is 0 Å². The Balaban J connectivity index is 1.96. The summed E-state index contributed by atoms with van der Waals surface area (Å²) in [6, 6.07) is 6.65. The van der Waals surface area contributed by atoms with Gasteiger partial charge < -0.3 is 4.74 Å². The third kappa shape index (κ3) is 2.82. The molecule has 0 radical (unpaired) electrons. The Morgan fingerprint density at radius 3 is 2.95 bits per heavy atom. The summed E-state index contributed by atoms with van der Waals surface area (Å²) >= 11 is 1.30. The van der Waals surface area contributed by atoms with Crippen LogP contribution in [-0.2, 0) is 4.74 Å². The maximum Gasteiger partial charge on any atom is 0.274 e. The first-order valence-corrected chi connectivity index (χ1v) is 7.04. The van der Waals surface area contributed by atoms with Crippen molar-refractivity contribution in [2.75, 3.05) is 7.11 Å². The van der Waals surface area contributed by atoms with Crippen molar-refractivity contribution in [2.24, 2.45) is 0 Å². The first-order valence-electron chi connectivity index (χ1n) is 6.27. The largest absolute Gasteiger partial charge is 0.480 e. The van der Waals surface area contributed by atoms with Crippen molar-refractivity contribution < 1.29 is 13.2 Å². The topological polar surface area (TPSA) is 75.6 Å². The first-order chi connectivity index (χ1) is 10.7. The highest BCUT2D eigenvalue weighted by atomic mass is 32.1. The molecule has 3 aromatic heterocycles. The fourth-order valence-electron chi connectivity index (χ4n) is 1.79. The van der Waals surface area contributed by atoms with E-state index in [1.807, 2.05) is 6.07 Å². The standard InChI is InChI=1S/C14H11FN5OS/c1-21-14(16)12-4-2-3-11(19-12)13-8-18-20(22-13)10-5-9(15)6-17-7-10/h2-8,16H,1H3/q+1. The molecule has 0 saturated carbocycles.